The summed E-state index contributed by atoms with van der Waals surface area (Å²) in [6, 6.07) is 8.59. The van der Waals surface area contributed by atoms with Crippen molar-refractivity contribution in [3.63, 3.8) is 0 Å². The van der Waals surface area contributed by atoms with Gasteiger partial charge in [0.05, 0.1) is 13.0 Å². The number of carbonyl (C=O) groups excluding carboxylic acids is 3. The number of benzene rings is 1. The fourth-order valence-electron chi connectivity index (χ4n) is 2.84. The Kier molecular flexibility index (Phi) is 5.31. The van der Waals surface area contributed by atoms with E-state index < -0.39 is 0 Å². The summed E-state index contributed by atoms with van der Waals surface area (Å²) in [6.45, 7) is 0.883. The molecule has 2 amide bonds. The van der Waals surface area contributed by atoms with E-state index in [9.17, 15) is 14.4 Å². The number of aromatic nitrogens is 1. The van der Waals surface area contributed by atoms with Gasteiger partial charge in [0.15, 0.2) is 5.69 Å². The molecule has 26 heavy (non-hydrogen) atoms. The topological polar surface area (TPSA) is 102 Å². The summed E-state index contributed by atoms with van der Waals surface area (Å²) in [6.07, 6.45) is 2.32. The van der Waals surface area contributed by atoms with E-state index in [0.29, 0.717) is 31.5 Å². The highest BCUT2D eigenvalue weighted by atomic mass is 16.5. The van der Waals surface area contributed by atoms with Gasteiger partial charge in [-0.1, -0.05) is 18.2 Å². The number of hydrogen-bond acceptors (Lipinski definition) is 6. The highest BCUT2D eigenvalue weighted by Crippen LogP contribution is 2.20. The number of likely N-dealkylation sites (tertiary alicyclic amines) is 1. The Hall–Kier alpha value is -3.16. The number of esters is 1. The van der Waals surface area contributed by atoms with Gasteiger partial charge in [-0.05, 0) is 25.0 Å². The Bertz CT molecular complexity index is 794. The summed E-state index contributed by atoms with van der Waals surface area (Å²) >= 11 is 0. The molecule has 1 saturated heterocycles. The molecule has 0 radical (unpaired) electrons. The summed E-state index contributed by atoms with van der Waals surface area (Å²) in [5.41, 5.74) is 0.577. The van der Waals surface area contributed by atoms with Crippen LogP contribution in [0.15, 0.2) is 41.0 Å². The first-order valence-corrected chi connectivity index (χ1v) is 8.27. The summed E-state index contributed by atoms with van der Waals surface area (Å²) in [5.74, 6) is -1.09. The van der Waals surface area contributed by atoms with Crippen molar-refractivity contribution in [2.24, 2.45) is 5.92 Å². The average molecular weight is 357 g/mol. The lowest BCUT2D eigenvalue weighted by molar-refractivity contribution is -0.146. The third-order valence-corrected chi connectivity index (χ3v) is 4.30. The lowest BCUT2D eigenvalue weighted by Crippen LogP contribution is -2.40. The van der Waals surface area contributed by atoms with Crippen LogP contribution in [0.5, 0.6) is 0 Å². The molecule has 0 aliphatic carbocycles. The highest BCUT2D eigenvalue weighted by molar-refractivity contribution is 6.03. The van der Waals surface area contributed by atoms with Crippen molar-refractivity contribution in [3.05, 3.63) is 47.9 Å². The Balaban J connectivity index is 1.58. The van der Waals surface area contributed by atoms with Crippen LogP contribution in [-0.2, 0) is 9.53 Å². The molecule has 1 aliphatic rings. The summed E-state index contributed by atoms with van der Waals surface area (Å²) < 4.78 is 9.92. The van der Waals surface area contributed by atoms with Gasteiger partial charge in [0.2, 0.25) is 0 Å². The normalized spacial score (nSPS) is 14.7. The molecule has 0 bridgehead atoms. The molecule has 8 nitrogen and oxygen atoms in total. The van der Waals surface area contributed by atoms with Gasteiger partial charge >= 0.3 is 12.0 Å². The maximum Gasteiger partial charge on any atom is 0.308 e. The number of hydrogen-bond donors (Lipinski definition) is 1. The van der Waals surface area contributed by atoms with Crippen molar-refractivity contribution in [2.45, 2.75) is 12.8 Å². The van der Waals surface area contributed by atoms with Crippen molar-refractivity contribution >= 4 is 23.8 Å². The van der Waals surface area contributed by atoms with Crippen LogP contribution in [0.1, 0.15) is 33.7 Å². The van der Waals surface area contributed by atoms with Gasteiger partial charge in [-0.3, -0.25) is 19.7 Å². The second kappa shape index (κ2) is 7.81. The number of ether oxygens (including phenoxy) is 1. The zero-order chi connectivity index (χ0) is 18.5. The number of carbonyl (C=O) groups is 3. The smallest absolute Gasteiger partial charge is 0.308 e. The summed E-state index contributed by atoms with van der Waals surface area (Å²) in [5, 5.41) is 2.52. The van der Waals surface area contributed by atoms with Gasteiger partial charge in [-0.25, -0.2) is 0 Å². The number of nitrogens with zero attached hydrogens (tertiary/aromatic N) is 2. The van der Waals surface area contributed by atoms with Gasteiger partial charge < -0.3 is 14.1 Å². The van der Waals surface area contributed by atoms with Crippen LogP contribution in [0.2, 0.25) is 0 Å². The van der Waals surface area contributed by atoms with Crippen LogP contribution in [0.4, 0.5) is 6.01 Å². The Labute approximate surface area is 150 Å². The zero-order valence-corrected chi connectivity index (χ0v) is 14.3. The maximum atomic E-state index is 12.5. The Morgan fingerprint density at radius 2 is 1.88 bits per heavy atom. The molecule has 8 heteroatoms. The molecule has 1 N–H and O–H groups in total. The molecule has 0 unspecified atom stereocenters. The molecule has 0 spiro atoms. The van der Waals surface area contributed by atoms with E-state index in [1.807, 2.05) is 6.07 Å². The number of nitrogens with one attached hydrogen (secondary N) is 1. The quantitative estimate of drug-likeness (QED) is 0.839. The SMILES string of the molecule is COC(=O)C1CCN(C(=O)c2coc(NC(=O)c3ccccc3)n2)CC1. The van der Waals surface area contributed by atoms with Crippen LogP contribution < -0.4 is 5.32 Å². The minimum absolute atomic E-state index is 0.0355. The minimum Gasteiger partial charge on any atom is -0.469 e. The van der Waals surface area contributed by atoms with Crippen molar-refractivity contribution < 1.29 is 23.5 Å². The van der Waals surface area contributed by atoms with E-state index in [0.717, 1.165) is 0 Å². The predicted molar refractivity (Wildman–Crippen MR) is 91.5 cm³/mol. The second-order valence-electron chi connectivity index (χ2n) is 5.95. The number of rotatable bonds is 4. The molecule has 1 aliphatic heterocycles. The lowest BCUT2D eigenvalue weighted by atomic mass is 9.97. The molecule has 2 heterocycles. The van der Waals surface area contributed by atoms with Crippen molar-refractivity contribution in [1.29, 1.82) is 0 Å². The molecule has 3 rings (SSSR count). The van der Waals surface area contributed by atoms with Crippen LogP contribution in [0.3, 0.4) is 0 Å². The number of methoxy groups -OCH3 is 1. The van der Waals surface area contributed by atoms with Gasteiger partial charge in [0.25, 0.3) is 11.8 Å². The second-order valence-corrected chi connectivity index (χ2v) is 5.95. The van der Waals surface area contributed by atoms with E-state index in [2.05, 4.69) is 10.3 Å². The molecule has 1 aromatic carbocycles. The van der Waals surface area contributed by atoms with Crippen molar-refractivity contribution in [2.75, 3.05) is 25.5 Å². The largest absolute Gasteiger partial charge is 0.469 e. The highest BCUT2D eigenvalue weighted by Gasteiger charge is 2.29. The third kappa shape index (κ3) is 3.90. The fraction of sp³-hybridized carbons (Fsp3) is 0.333. The first-order chi connectivity index (χ1) is 12.6. The first kappa shape index (κ1) is 17.7. The van der Waals surface area contributed by atoms with E-state index >= 15 is 0 Å². The van der Waals surface area contributed by atoms with Crippen molar-refractivity contribution in [3.8, 4) is 0 Å². The molecule has 2 aromatic rings. The molecule has 0 atom stereocenters. The molecule has 1 fully saturated rings. The van der Waals surface area contributed by atoms with Gasteiger partial charge in [-0.15, -0.1) is 0 Å². The lowest BCUT2D eigenvalue weighted by Gasteiger charge is -2.30. The van der Waals surface area contributed by atoms with Gasteiger partial charge in [-0.2, -0.15) is 4.98 Å². The van der Waals surface area contributed by atoms with E-state index in [-0.39, 0.29) is 35.4 Å². The van der Waals surface area contributed by atoms with Crippen LogP contribution in [-0.4, -0.2) is 47.9 Å². The van der Waals surface area contributed by atoms with Gasteiger partial charge in [0.1, 0.15) is 6.26 Å². The molecule has 1 aromatic heterocycles. The summed E-state index contributed by atoms with van der Waals surface area (Å²) in [4.78, 5) is 41.8. The maximum absolute atomic E-state index is 12.5. The third-order valence-electron chi connectivity index (χ3n) is 4.30. The minimum atomic E-state index is -0.370. The van der Waals surface area contributed by atoms with Crippen molar-refractivity contribution in [1.82, 2.24) is 9.88 Å². The summed E-state index contributed by atoms with van der Waals surface area (Å²) in [7, 11) is 1.36. The standard InChI is InChI=1S/C18H19N3O5/c1-25-17(24)13-7-9-21(10-8-13)16(23)14-11-26-18(19-14)20-15(22)12-5-3-2-4-6-12/h2-6,11,13H,7-10H2,1H3,(H,19,20,22). The van der Waals surface area contributed by atoms with Crippen LogP contribution in [0, 0.1) is 5.92 Å². The Morgan fingerprint density at radius 3 is 2.54 bits per heavy atom. The van der Waals surface area contributed by atoms with Gasteiger partial charge in [0, 0.05) is 18.7 Å². The fourth-order valence-corrected chi connectivity index (χ4v) is 2.84. The number of amides is 2. The van der Waals surface area contributed by atoms with Crippen LogP contribution in [0.25, 0.3) is 0 Å². The van der Waals surface area contributed by atoms with E-state index in [1.165, 1.54) is 13.4 Å². The van der Waals surface area contributed by atoms with E-state index in [1.54, 1.807) is 29.2 Å². The molecular formula is C18H19N3O5. The monoisotopic (exact) mass is 357 g/mol. The zero-order valence-electron chi connectivity index (χ0n) is 14.3. The first-order valence-electron chi connectivity index (χ1n) is 8.27. The number of anilines is 1. The molecule has 0 saturated carbocycles. The predicted octanol–water partition coefficient (Wildman–Crippen LogP) is 1.95. The average Bonchev–Trinajstić information content (AvgIpc) is 3.16. The van der Waals surface area contributed by atoms with E-state index in [4.69, 9.17) is 9.15 Å². The molecule has 136 valence electrons. The van der Waals surface area contributed by atoms with Crippen LogP contribution >= 0.6 is 0 Å². The number of oxazole rings is 1. The molecular weight excluding hydrogens is 338 g/mol. The number of piperidine rings is 1. The Morgan fingerprint density at radius 1 is 1.19 bits per heavy atom.